The zero-order valence-corrected chi connectivity index (χ0v) is 13.2. The van der Waals surface area contributed by atoms with Crippen LogP contribution in [0.4, 0.5) is 0 Å². The van der Waals surface area contributed by atoms with Gasteiger partial charge in [0.25, 0.3) is 0 Å². The van der Waals surface area contributed by atoms with E-state index in [1.807, 2.05) is 31.2 Å². The highest BCUT2D eigenvalue weighted by Crippen LogP contribution is 2.39. The van der Waals surface area contributed by atoms with Crippen molar-refractivity contribution >= 4 is 0 Å². The molecule has 112 valence electrons. The number of aromatic hydroxyl groups is 1. The monoisotopic (exact) mass is 292 g/mol. The van der Waals surface area contributed by atoms with Gasteiger partial charge in [0.15, 0.2) is 0 Å². The van der Waals surface area contributed by atoms with Crippen LogP contribution in [0.1, 0.15) is 18.1 Å². The molecule has 1 heterocycles. The second-order valence-electron chi connectivity index (χ2n) is 5.54. The Hall–Kier alpha value is -2.55. The lowest BCUT2D eigenvalue weighted by Crippen LogP contribution is -1.95. The highest BCUT2D eigenvalue weighted by Gasteiger charge is 2.20. The van der Waals surface area contributed by atoms with E-state index in [0.29, 0.717) is 6.54 Å². The van der Waals surface area contributed by atoms with E-state index in [1.165, 1.54) is 5.56 Å². The molecule has 3 heteroatoms. The van der Waals surface area contributed by atoms with E-state index in [2.05, 4.69) is 43.2 Å². The third-order valence-electron chi connectivity index (χ3n) is 3.97. The van der Waals surface area contributed by atoms with Crippen LogP contribution in [-0.2, 0) is 6.54 Å². The van der Waals surface area contributed by atoms with Gasteiger partial charge in [-0.15, -0.1) is 0 Å². The fourth-order valence-electron chi connectivity index (χ4n) is 2.69. The highest BCUT2D eigenvalue weighted by molar-refractivity contribution is 5.85. The van der Waals surface area contributed by atoms with Crippen molar-refractivity contribution < 1.29 is 5.11 Å². The second kappa shape index (κ2) is 5.68. The maximum Gasteiger partial charge on any atom is 0.218 e. The number of aryl methyl sites for hydroxylation is 3. The van der Waals surface area contributed by atoms with E-state index in [9.17, 15) is 5.11 Å². The van der Waals surface area contributed by atoms with Crippen molar-refractivity contribution in [1.82, 2.24) is 9.78 Å². The number of hydrogen-bond donors (Lipinski definition) is 1. The van der Waals surface area contributed by atoms with E-state index in [4.69, 9.17) is 0 Å². The summed E-state index contributed by atoms with van der Waals surface area (Å²) in [6.45, 7) is 6.74. The van der Waals surface area contributed by atoms with Crippen LogP contribution in [0, 0.1) is 13.8 Å². The number of aromatic nitrogens is 2. The maximum atomic E-state index is 10.6. The van der Waals surface area contributed by atoms with Crippen LogP contribution in [0.2, 0.25) is 0 Å². The molecular formula is C19H20N2O. The minimum atomic E-state index is 0.226. The van der Waals surface area contributed by atoms with Gasteiger partial charge in [0, 0.05) is 12.1 Å². The van der Waals surface area contributed by atoms with Crippen molar-refractivity contribution in [3.63, 3.8) is 0 Å². The van der Waals surface area contributed by atoms with Crippen LogP contribution in [-0.4, -0.2) is 14.9 Å². The van der Waals surface area contributed by atoms with Crippen molar-refractivity contribution in [3.8, 4) is 28.3 Å². The van der Waals surface area contributed by atoms with Crippen LogP contribution < -0.4 is 0 Å². The Balaban J connectivity index is 2.27. The molecule has 3 nitrogen and oxygen atoms in total. The molecule has 0 aliphatic rings. The van der Waals surface area contributed by atoms with E-state index < -0.39 is 0 Å². The molecule has 0 atom stereocenters. The largest absolute Gasteiger partial charge is 0.493 e. The first-order valence-corrected chi connectivity index (χ1v) is 7.54. The van der Waals surface area contributed by atoms with Gasteiger partial charge in [0.05, 0.1) is 5.56 Å². The smallest absolute Gasteiger partial charge is 0.218 e. The molecule has 2 aromatic carbocycles. The normalized spacial score (nSPS) is 10.9. The molecule has 0 amide bonds. The number of hydrogen-bond acceptors (Lipinski definition) is 2. The van der Waals surface area contributed by atoms with Crippen LogP contribution in [0.3, 0.4) is 0 Å². The Morgan fingerprint density at radius 3 is 2.32 bits per heavy atom. The fourth-order valence-corrected chi connectivity index (χ4v) is 2.69. The molecule has 1 aromatic heterocycles. The highest BCUT2D eigenvalue weighted by atomic mass is 16.3. The van der Waals surface area contributed by atoms with Gasteiger partial charge >= 0.3 is 0 Å². The molecule has 0 unspecified atom stereocenters. The summed E-state index contributed by atoms with van der Waals surface area (Å²) in [6, 6.07) is 16.3. The summed E-state index contributed by atoms with van der Waals surface area (Å²) in [5.74, 6) is 0.226. The summed E-state index contributed by atoms with van der Waals surface area (Å²) in [4.78, 5) is 0. The molecular weight excluding hydrogens is 272 g/mol. The van der Waals surface area contributed by atoms with Gasteiger partial charge in [-0.1, -0.05) is 54.1 Å². The molecule has 1 N–H and O–H groups in total. The number of benzene rings is 2. The lowest BCUT2D eigenvalue weighted by molar-refractivity contribution is 0.407. The third kappa shape index (κ3) is 2.39. The molecule has 3 rings (SSSR count). The minimum Gasteiger partial charge on any atom is -0.493 e. The van der Waals surface area contributed by atoms with Crippen molar-refractivity contribution in [2.75, 3.05) is 0 Å². The molecule has 0 radical (unpaired) electrons. The van der Waals surface area contributed by atoms with Crippen LogP contribution >= 0.6 is 0 Å². The summed E-state index contributed by atoms with van der Waals surface area (Å²) >= 11 is 0. The van der Waals surface area contributed by atoms with Crippen molar-refractivity contribution in [3.05, 3.63) is 59.7 Å². The Morgan fingerprint density at radius 1 is 1.00 bits per heavy atom. The van der Waals surface area contributed by atoms with Gasteiger partial charge < -0.3 is 5.11 Å². The maximum absolute atomic E-state index is 10.6. The van der Waals surface area contributed by atoms with Crippen LogP contribution in [0.15, 0.2) is 48.5 Å². The van der Waals surface area contributed by atoms with E-state index in [1.54, 1.807) is 4.68 Å². The first kappa shape index (κ1) is 14.4. The average Bonchev–Trinajstić information content (AvgIpc) is 2.85. The van der Waals surface area contributed by atoms with Gasteiger partial charge in [0.2, 0.25) is 5.88 Å². The molecule has 0 aliphatic carbocycles. The second-order valence-corrected chi connectivity index (χ2v) is 5.54. The van der Waals surface area contributed by atoms with Gasteiger partial charge in [0.1, 0.15) is 5.69 Å². The third-order valence-corrected chi connectivity index (χ3v) is 3.97. The predicted molar refractivity (Wildman–Crippen MR) is 89.9 cm³/mol. The fraction of sp³-hybridized carbons (Fsp3) is 0.211. The predicted octanol–water partition coefficient (Wildman–Crippen LogP) is 4.56. The Kier molecular flexibility index (Phi) is 3.72. The molecule has 0 spiro atoms. The Morgan fingerprint density at radius 2 is 1.68 bits per heavy atom. The topological polar surface area (TPSA) is 38.0 Å². The van der Waals surface area contributed by atoms with Crippen LogP contribution in [0.25, 0.3) is 22.4 Å². The van der Waals surface area contributed by atoms with E-state index in [0.717, 1.165) is 27.9 Å². The average molecular weight is 292 g/mol. The van der Waals surface area contributed by atoms with Crippen molar-refractivity contribution in [2.45, 2.75) is 27.3 Å². The molecule has 0 saturated carbocycles. The zero-order valence-electron chi connectivity index (χ0n) is 13.2. The minimum absolute atomic E-state index is 0.226. The standard InChI is InChI=1S/C19H20N2O/c1-4-21-19(22)17(15-11-9-13(2)10-12-15)18(20-21)16-8-6-5-7-14(16)3/h5-12,22H,4H2,1-3H3. The zero-order chi connectivity index (χ0) is 15.7. The van der Waals surface area contributed by atoms with Gasteiger partial charge in [-0.25, -0.2) is 4.68 Å². The SMILES string of the molecule is CCn1nc(-c2ccccc2C)c(-c2ccc(C)cc2)c1O. The van der Waals surface area contributed by atoms with E-state index >= 15 is 0 Å². The summed E-state index contributed by atoms with van der Waals surface area (Å²) in [6.07, 6.45) is 0. The molecule has 3 aromatic rings. The van der Waals surface area contributed by atoms with Gasteiger partial charge in [-0.2, -0.15) is 5.10 Å². The quantitative estimate of drug-likeness (QED) is 0.768. The van der Waals surface area contributed by atoms with Crippen molar-refractivity contribution in [1.29, 1.82) is 0 Å². The number of nitrogens with zero attached hydrogens (tertiary/aromatic N) is 2. The molecule has 22 heavy (non-hydrogen) atoms. The lowest BCUT2D eigenvalue weighted by Gasteiger charge is -2.06. The molecule has 0 aliphatic heterocycles. The van der Waals surface area contributed by atoms with Gasteiger partial charge in [-0.3, -0.25) is 0 Å². The molecule has 0 bridgehead atoms. The summed E-state index contributed by atoms with van der Waals surface area (Å²) in [5, 5.41) is 15.2. The first-order valence-electron chi connectivity index (χ1n) is 7.54. The Labute approximate surface area is 130 Å². The van der Waals surface area contributed by atoms with Crippen LogP contribution in [0.5, 0.6) is 5.88 Å². The first-order chi connectivity index (χ1) is 10.6. The van der Waals surface area contributed by atoms with E-state index in [-0.39, 0.29) is 5.88 Å². The molecule has 0 fully saturated rings. The summed E-state index contributed by atoms with van der Waals surface area (Å²) in [7, 11) is 0. The van der Waals surface area contributed by atoms with Crippen molar-refractivity contribution in [2.24, 2.45) is 0 Å². The summed E-state index contributed by atoms with van der Waals surface area (Å²) in [5.41, 5.74) is 6.03. The lowest BCUT2D eigenvalue weighted by atomic mass is 9.98. The molecule has 0 saturated heterocycles. The number of rotatable bonds is 3. The summed E-state index contributed by atoms with van der Waals surface area (Å²) < 4.78 is 1.65. The Bertz CT molecular complexity index is 801. The van der Waals surface area contributed by atoms with Gasteiger partial charge in [-0.05, 0) is 31.9 Å².